The van der Waals surface area contributed by atoms with Gasteiger partial charge in [-0.2, -0.15) is 4.31 Å². The highest BCUT2D eigenvalue weighted by Crippen LogP contribution is 2.30. The summed E-state index contributed by atoms with van der Waals surface area (Å²) in [5.74, 6) is 0.831. The molecule has 6 heteroatoms. The number of sulfonamides is 1. The Hall–Kier alpha value is -1.11. The van der Waals surface area contributed by atoms with Gasteiger partial charge in [0.2, 0.25) is 10.0 Å². The van der Waals surface area contributed by atoms with Crippen molar-refractivity contribution in [3.8, 4) is 5.75 Å². The summed E-state index contributed by atoms with van der Waals surface area (Å²) in [4.78, 5) is 0.244. The molecule has 2 unspecified atom stereocenters. The number of hydrogen-bond donors (Lipinski definition) is 1. The molecule has 1 aromatic carbocycles. The van der Waals surface area contributed by atoms with Crippen molar-refractivity contribution in [1.82, 2.24) is 4.31 Å². The minimum absolute atomic E-state index is 0.141. The number of aliphatic hydroxyl groups excluding tert-OH is 1. The van der Waals surface area contributed by atoms with E-state index in [1.165, 1.54) is 4.31 Å². The number of hydrogen-bond acceptors (Lipinski definition) is 4. The van der Waals surface area contributed by atoms with E-state index in [2.05, 4.69) is 0 Å². The van der Waals surface area contributed by atoms with Crippen molar-refractivity contribution < 1.29 is 18.3 Å². The normalized spacial score (nSPS) is 23.9. The van der Waals surface area contributed by atoms with Crippen LogP contribution in [0.25, 0.3) is 0 Å². The van der Waals surface area contributed by atoms with Gasteiger partial charge in [-0.3, -0.25) is 0 Å². The summed E-state index contributed by atoms with van der Waals surface area (Å²) in [6.07, 6.45) is 0.779. The van der Waals surface area contributed by atoms with Crippen LogP contribution in [-0.2, 0) is 10.0 Å². The third-order valence-corrected chi connectivity index (χ3v) is 5.70. The fraction of sp³-hybridized carbons (Fsp3) is 0.571. The Labute approximate surface area is 120 Å². The molecule has 2 atom stereocenters. The fourth-order valence-electron chi connectivity index (χ4n) is 2.55. The molecule has 1 N–H and O–H groups in total. The quantitative estimate of drug-likeness (QED) is 0.894. The van der Waals surface area contributed by atoms with Crippen molar-refractivity contribution in [2.24, 2.45) is 5.92 Å². The molecule has 1 saturated heterocycles. The lowest BCUT2D eigenvalue weighted by atomic mass is 10.0. The lowest BCUT2D eigenvalue weighted by Crippen LogP contribution is -2.39. The summed E-state index contributed by atoms with van der Waals surface area (Å²) in [6, 6.07) is 6.09. The second-order valence-corrected chi connectivity index (χ2v) is 6.93. The van der Waals surface area contributed by atoms with Gasteiger partial charge >= 0.3 is 0 Å². The van der Waals surface area contributed by atoms with Crippen molar-refractivity contribution in [3.05, 3.63) is 24.3 Å². The molecule has 0 saturated carbocycles. The lowest BCUT2D eigenvalue weighted by Gasteiger charge is -2.24. The van der Waals surface area contributed by atoms with Crippen LogP contribution < -0.4 is 4.74 Å². The largest absolute Gasteiger partial charge is 0.494 e. The molecule has 0 aromatic heterocycles. The predicted molar refractivity (Wildman–Crippen MR) is 76.2 cm³/mol. The zero-order chi connectivity index (χ0) is 14.8. The van der Waals surface area contributed by atoms with E-state index in [9.17, 15) is 13.5 Å². The van der Waals surface area contributed by atoms with Crippen molar-refractivity contribution >= 4 is 10.0 Å². The first kappa shape index (κ1) is 15.3. The molecule has 1 aliphatic heterocycles. The molecule has 1 aliphatic rings. The van der Waals surface area contributed by atoms with E-state index >= 15 is 0 Å². The SMILES string of the molecule is CCOc1ccc(S(=O)(=O)N2CCC(C)C2CO)cc1. The molecule has 20 heavy (non-hydrogen) atoms. The molecule has 1 fully saturated rings. The smallest absolute Gasteiger partial charge is 0.243 e. The van der Waals surface area contributed by atoms with Crippen LogP contribution in [0.2, 0.25) is 0 Å². The molecule has 1 heterocycles. The highest BCUT2D eigenvalue weighted by Gasteiger charge is 2.39. The Morgan fingerprint density at radius 1 is 1.35 bits per heavy atom. The summed E-state index contributed by atoms with van der Waals surface area (Å²) in [5.41, 5.74) is 0. The van der Waals surface area contributed by atoms with Gasteiger partial charge in [-0.25, -0.2) is 8.42 Å². The van der Waals surface area contributed by atoms with Crippen LogP contribution in [0, 0.1) is 5.92 Å². The van der Waals surface area contributed by atoms with Gasteiger partial charge in [0.25, 0.3) is 0 Å². The Morgan fingerprint density at radius 2 is 2.00 bits per heavy atom. The van der Waals surface area contributed by atoms with Gasteiger partial charge in [0.15, 0.2) is 0 Å². The first-order valence-corrected chi connectivity index (χ1v) is 8.30. The first-order chi connectivity index (χ1) is 9.50. The molecule has 1 aromatic rings. The Kier molecular flexibility index (Phi) is 4.67. The maximum absolute atomic E-state index is 12.6. The monoisotopic (exact) mass is 299 g/mol. The second-order valence-electron chi connectivity index (χ2n) is 5.04. The maximum Gasteiger partial charge on any atom is 0.243 e. The summed E-state index contributed by atoms with van der Waals surface area (Å²) >= 11 is 0. The van der Waals surface area contributed by atoms with Crippen LogP contribution in [0.5, 0.6) is 5.75 Å². The van der Waals surface area contributed by atoms with Crippen molar-refractivity contribution in [1.29, 1.82) is 0 Å². The van der Waals surface area contributed by atoms with Crippen molar-refractivity contribution in [2.45, 2.75) is 31.2 Å². The van der Waals surface area contributed by atoms with Crippen LogP contribution in [-0.4, -0.2) is 43.6 Å². The third-order valence-electron chi connectivity index (χ3n) is 3.76. The number of benzene rings is 1. The van der Waals surface area contributed by atoms with Gasteiger partial charge in [0, 0.05) is 6.54 Å². The third kappa shape index (κ3) is 2.82. The zero-order valence-corrected chi connectivity index (χ0v) is 12.6. The molecule has 5 nitrogen and oxygen atoms in total. The lowest BCUT2D eigenvalue weighted by molar-refractivity contribution is 0.191. The highest BCUT2D eigenvalue weighted by atomic mass is 32.2. The van der Waals surface area contributed by atoms with E-state index in [-0.39, 0.29) is 23.5 Å². The topological polar surface area (TPSA) is 66.8 Å². The standard InChI is InChI=1S/C14H21NO4S/c1-3-19-12-4-6-13(7-5-12)20(17,18)15-9-8-11(2)14(15)10-16/h4-7,11,14,16H,3,8-10H2,1-2H3. The van der Waals surface area contributed by atoms with Crippen molar-refractivity contribution in [2.75, 3.05) is 19.8 Å². The molecule has 112 valence electrons. The van der Waals surface area contributed by atoms with E-state index < -0.39 is 10.0 Å². The van der Waals surface area contributed by atoms with E-state index in [0.717, 1.165) is 6.42 Å². The average Bonchev–Trinajstić information content (AvgIpc) is 2.81. The minimum atomic E-state index is -3.55. The Bertz CT molecular complexity index is 541. The molecule has 2 rings (SSSR count). The van der Waals surface area contributed by atoms with Gasteiger partial charge in [0.1, 0.15) is 5.75 Å². The summed E-state index contributed by atoms with van der Waals surface area (Å²) in [6.45, 7) is 4.71. The molecule has 0 spiro atoms. The number of aliphatic hydroxyl groups is 1. The summed E-state index contributed by atoms with van der Waals surface area (Å²) in [7, 11) is -3.55. The Balaban J connectivity index is 2.26. The molecule has 0 radical (unpaired) electrons. The van der Waals surface area contributed by atoms with Crippen LogP contribution in [0.15, 0.2) is 29.2 Å². The van der Waals surface area contributed by atoms with Gasteiger partial charge < -0.3 is 9.84 Å². The van der Waals surface area contributed by atoms with Crippen LogP contribution in [0.4, 0.5) is 0 Å². The molecular formula is C14H21NO4S. The maximum atomic E-state index is 12.6. The van der Waals surface area contributed by atoms with Crippen LogP contribution in [0.3, 0.4) is 0 Å². The first-order valence-electron chi connectivity index (χ1n) is 6.86. The van der Waals surface area contributed by atoms with E-state index in [0.29, 0.717) is 18.9 Å². The zero-order valence-electron chi connectivity index (χ0n) is 11.8. The predicted octanol–water partition coefficient (Wildman–Crippen LogP) is 1.48. The van der Waals surface area contributed by atoms with Crippen LogP contribution in [0.1, 0.15) is 20.3 Å². The van der Waals surface area contributed by atoms with E-state index in [4.69, 9.17) is 4.74 Å². The minimum Gasteiger partial charge on any atom is -0.494 e. The molecular weight excluding hydrogens is 278 g/mol. The van der Waals surface area contributed by atoms with Crippen molar-refractivity contribution in [3.63, 3.8) is 0 Å². The highest BCUT2D eigenvalue weighted by molar-refractivity contribution is 7.89. The number of rotatable bonds is 5. The number of ether oxygens (including phenoxy) is 1. The van der Waals surface area contributed by atoms with Gasteiger partial charge in [0.05, 0.1) is 24.2 Å². The molecule has 0 aliphatic carbocycles. The van der Waals surface area contributed by atoms with Gasteiger partial charge in [-0.05, 0) is 43.5 Å². The van der Waals surface area contributed by atoms with Gasteiger partial charge in [-0.15, -0.1) is 0 Å². The van der Waals surface area contributed by atoms with E-state index in [1.807, 2.05) is 13.8 Å². The Morgan fingerprint density at radius 3 is 2.55 bits per heavy atom. The summed E-state index contributed by atoms with van der Waals surface area (Å²) in [5, 5.41) is 9.41. The average molecular weight is 299 g/mol. The van der Waals surface area contributed by atoms with E-state index in [1.54, 1.807) is 24.3 Å². The second kappa shape index (κ2) is 6.11. The van der Waals surface area contributed by atoms with Crippen LogP contribution >= 0.6 is 0 Å². The fourth-order valence-corrected chi connectivity index (χ4v) is 4.28. The molecule has 0 amide bonds. The molecule has 0 bridgehead atoms. The van der Waals surface area contributed by atoms with Gasteiger partial charge in [-0.1, -0.05) is 6.92 Å². The number of nitrogens with zero attached hydrogens (tertiary/aromatic N) is 1. The summed E-state index contributed by atoms with van der Waals surface area (Å²) < 4.78 is 31.9.